The Morgan fingerprint density at radius 3 is 3.00 bits per heavy atom. The Morgan fingerprint density at radius 1 is 1.61 bits per heavy atom. The number of aliphatic hydroxyl groups is 1. The van der Waals surface area contributed by atoms with Crippen molar-refractivity contribution in [2.75, 3.05) is 0 Å². The maximum atomic E-state index is 12.1. The first-order valence-electron chi connectivity index (χ1n) is 5.22. The van der Waals surface area contributed by atoms with E-state index in [0.717, 1.165) is 5.56 Å². The number of thiophene rings is 1. The predicted molar refractivity (Wildman–Crippen MR) is 67.6 cm³/mol. The van der Waals surface area contributed by atoms with E-state index in [2.05, 4.69) is 14.9 Å². The molecule has 0 spiro atoms. The van der Waals surface area contributed by atoms with Gasteiger partial charge in [0.25, 0.3) is 10.0 Å². The number of nitrogens with zero attached hydrogens (tertiary/aromatic N) is 1. The van der Waals surface area contributed by atoms with Gasteiger partial charge in [0.15, 0.2) is 5.03 Å². The minimum absolute atomic E-state index is 0.0907. The fraction of sp³-hybridized carbons (Fsp3) is 0.300. The van der Waals surface area contributed by atoms with Gasteiger partial charge in [0.05, 0.1) is 12.8 Å². The topological polar surface area (TPSA) is 95.1 Å². The first kappa shape index (κ1) is 13.2. The molecule has 1 atom stereocenters. The molecular weight excluding hydrogens is 274 g/mol. The van der Waals surface area contributed by atoms with Gasteiger partial charge in [-0.1, -0.05) is 0 Å². The zero-order chi connectivity index (χ0) is 13.2. The zero-order valence-corrected chi connectivity index (χ0v) is 11.3. The first-order chi connectivity index (χ1) is 8.54. The molecule has 6 nitrogen and oxygen atoms in total. The molecule has 98 valence electrons. The molecule has 18 heavy (non-hydrogen) atoms. The molecule has 8 heteroatoms. The number of nitrogens with one attached hydrogen (secondary N) is 2. The average Bonchev–Trinajstić information content (AvgIpc) is 2.99. The van der Waals surface area contributed by atoms with Crippen molar-refractivity contribution in [2.24, 2.45) is 0 Å². The molecule has 2 aromatic heterocycles. The number of hydrogen-bond donors (Lipinski definition) is 3. The van der Waals surface area contributed by atoms with Crippen molar-refractivity contribution in [3.63, 3.8) is 0 Å². The molecule has 0 fully saturated rings. The lowest BCUT2D eigenvalue weighted by Crippen LogP contribution is -2.27. The summed E-state index contributed by atoms with van der Waals surface area (Å²) in [6.07, 6.45) is 1.30. The van der Waals surface area contributed by atoms with Crippen molar-refractivity contribution in [3.05, 3.63) is 34.2 Å². The second kappa shape index (κ2) is 5.19. The van der Waals surface area contributed by atoms with Crippen LogP contribution < -0.4 is 4.72 Å². The monoisotopic (exact) mass is 287 g/mol. The molecule has 2 rings (SSSR count). The van der Waals surface area contributed by atoms with Crippen LogP contribution in [0.25, 0.3) is 0 Å². The van der Waals surface area contributed by atoms with Gasteiger partial charge in [0.2, 0.25) is 0 Å². The Kier molecular flexibility index (Phi) is 3.81. The molecule has 0 aromatic carbocycles. The molecule has 0 saturated heterocycles. The lowest BCUT2D eigenvalue weighted by atomic mass is 10.2. The number of H-pyrrole nitrogens is 1. The largest absolute Gasteiger partial charge is 0.392 e. The van der Waals surface area contributed by atoms with Gasteiger partial charge >= 0.3 is 0 Å². The first-order valence-corrected chi connectivity index (χ1v) is 7.64. The number of aromatic amines is 1. The highest BCUT2D eigenvalue weighted by atomic mass is 32.2. The predicted octanol–water partition coefficient (Wildman–Crippen LogP) is 1.00. The van der Waals surface area contributed by atoms with E-state index in [1.54, 1.807) is 6.92 Å². The molecule has 3 N–H and O–H groups in total. The maximum Gasteiger partial charge on any atom is 0.258 e. The number of sulfonamides is 1. The normalized spacial score (nSPS) is 13.7. The highest BCUT2D eigenvalue weighted by molar-refractivity contribution is 7.89. The van der Waals surface area contributed by atoms with E-state index in [0.29, 0.717) is 0 Å². The van der Waals surface area contributed by atoms with Gasteiger partial charge < -0.3 is 5.11 Å². The Balaban J connectivity index is 2.23. The van der Waals surface area contributed by atoms with Crippen molar-refractivity contribution >= 4 is 21.4 Å². The van der Waals surface area contributed by atoms with Crippen molar-refractivity contribution in [1.82, 2.24) is 14.9 Å². The zero-order valence-electron chi connectivity index (χ0n) is 9.62. The molecule has 0 amide bonds. The van der Waals surface area contributed by atoms with Crippen LogP contribution >= 0.6 is 11.3 Å². The third-order valence-corrected chi connectivity index (χ3v) is 4.75. The summed E-state index contributed by atoms with van der Waals surface area (Å²) in [5.74, 6) is 0. The Bertz CT molecular complexity index is 604. The van der Waals surface area contributed by atoms with Crippen LogP contribution in [0.1, 0.15) is 24.1 Å². The van der Waals surface area contributed by atoms with E-state index < -0.39 is 10.0 Å². The van der Waals surface area contributed by atoms with Crippen LogP contribution in [0.3, 0.4) is 0 Å². The second-order valence-corrected chi connectivity index (χ2v) is 6.21. The maximum absolute atomic E-state index is 12.1. The molecule has 0 aliphatic rings. The van der Waals surface area contributed by atoms with Crippen LogP contribution in [-0.4, -0.2) is 23.7 Å². The van der Waals surface area contributed by atoms with Crippen molar-refractivity contribution in [2.45, 2.75) is 24.6 Å². The molecule has 1 unspecified atom stereocenters. The molecule has 0 bridgehead atoms. The van der Waals surface area contributed by atoms with Gasteiger partial charge in [-0.3, -0.25) is 5.10 Å². The Labute approximate surface area is 109 Å². The third kappa shape index (κ3) is 2.61. The van der Waals surface area contributed by atoms with Gasteiger partial charge in [-0.05, 0) is 29.3 Å². The molecule has 0 aliphatic heterocycles. The van der Waals surface area contributed by atoms with Gasteiger partial charge in [-0.2, -0.15) is 16.4 Å². The molecule has 0 aliphatic carbocycles. The van der Waals surface area contributed by atoms with Crippen LogP contribution in [0.15, 0.2) is 28.0 Å². The summed E-state index contributed by atoms with van der Waals surface area (Å²) in [6.45, 7) is 1.38. The smallest absolute Gasteiger partial charge is 0.258 e. The van der Waals surface area contributed by atoms with Crippen LogP contribution in [0.4, 0.5) is 0 Å². The molecule has 2 heterocycles. The summed E-state index contributed by atoms with van der Waals surface area (Å²) in [7, 11) is -3.71. The number of rotatable bonds is 5. The van der Waals surface area contributed by atoms with Crippen molar-refractivity contribution in [3.8, 4) is 0 Å². The molecule has 2 aromatic rings. The quantitative estimate of drug-likeness (QED) is 0.764. The Morgan fingerprint density at radius 2 is 2.39 bits per heavy atom. The lowest BCUT2D eigenvalue weighted by molar-refractivity contribution is 0.278. The molecular formula is C10H13N3O3S2. The lowest BCUT2D eigenvalue weighted by Gasteiger charge is -2.12. The summed E-state index contributed by atoms with van der Waals surface area (Å²) in [4.78, 5) is 0. The molecule has 0 saturated carbocycles. The van der Waals surface area contributed by atoms with Crippen LogP contribution in [0, 0.1) is 0 Å². The van der Waals surface area contributed by atoms with Crippen LogP contribution in [0.2, 0.25) is 0 Å². The summed E-state index contributed by atoms with van der Waals surface area (Å²) in [5, 5.41) is 18.7. The molecule has 0 radical (unpaired) electrons. The summed E-state index contributed by atoms with van der Waals surface area (Å²) in [6, 6.07) is 1.52. The average molecular weight is 287 g/mol. The van der Waals surface area contributed by atoms with E-state index >= 15 is 0 Å². The second-order valence-electron chi connectivity index (χ2n) is 3.78. The summed E-state index contributed by atoms with van der Waals surface area (Å²) in [5.41, 5.74) is 1.15. The SMILES string of the molecule is CC(NS(=O)(=O)c1[nH]ncc1CO)c1ccsc1. The van der Waals surface area contributed by atoms with Gasteiger partial charge in [-0.15, -0.1) is 0 Å². The number of aliphatic hydroxyl groups excluding tert-OH is 1. The minimum Gasteiger partial charge on any atom is -0.392 e. The van der Waals surface area contributed by atoms with E-state index in [1.165, 1.54) is 17.5 Å². The standard InChI is InChI=1S/C10H13N3O3S2/c1-7(8-2-3-17-6-8)13-18(15,16)10-9(5-14)4-11-12-10/h2-4,6-7,13-14H,5H2,1H3,(H,11,12). The number of aromatic nitrogens is 2. The Hall–Kier alpha value is -1.22. The number of hydrogen-bond acceptors (Lipinski definition) is 5. The third-order valence-electron chi connectivity index (χ3n) is 2.49. The van der Waals surface area contributed by atoms with E-state index in [4.69, 9.17) is 5.11 Å². The summed E-state index contributed by atoms with van der Waals surface area (Å²) >= 11 is 1.50. The van der Waals surface area contributed by atoms with Gasteiger partial charge in [0, 0.05) is 11.6 Å². The van der Waals surface area contributed by atoms with Gasteiger partial charge in [0.1, 0.15) is 0 Å². The summed E-state index contributed by atoms with van der Waals surface area (Å²) < 4.78 is 26.7. The van der Waals surface area contributed by atoms with E-state index in [-0.39, 0.29) is 23.2 Å². The van der Waals surface area contributed by atoms with Crippen molar-refractivity contribution < 1.29 is 13.5 Å². The highest BCUT2D eigenvalue weighted by Gasteiger charge is 2.23. The highest BCUT2D eigenvalue weighted by Crippen LogP contribution is 2.19. The minimum atomic E-state index is -3.71. The van der Waals surface area contributed by atoms with E-state index in [9.17, 15) is 8.42 Å². The van der Waals surface area contributed by atoms with Crippen molar-refractivity contribution in [1.29, 1.82) is 0 Å². The van der Waals surface area contributed by atoms with Gasteiger partial charge in [-0.25, -0.2) is 13.1 Å². The fourth-order valence-electron chi connectivity index (χ4n) is 1.53. The van der Waals surface area contributed by atoms with Crippen LogP contribution in [-0.2, 0) is 16.6 Å². The fourth-order valence-corrected chi connectivity index (χ4v) is 3.63. The van der Waals surface area contributed by atoms with E-state index in [1.807, 2.05) is 16.8 Å². The van der Waals surface area contributed by atoms with Crippen LogP contribution in [0.5, 0.6) is 0 Å².